The number of rotatable bonds is 6. The van der Waals surface area contributed by atoms with E-state index >= 15 is 0 Å². The van der Waals surface area contributed by atoms with E-state index in [4.69, 9.17) is 5.73 Å². The van der Waals surface area contributed by atoms with Crippen molar-refractivity contribution in [2.45, 2.75) is 32.4 Å². The van der Waals surface area contributed by atoms with Crippen molar-refractivity contribution in [2.24, 2.45) is 5.73 Å². The van der Waals surface area contributed by atoms with Gasteiger partial charge in [-0.2, -0.15) is 5.10 Å². The lowest BCUT2D eigenvalue weighted by Crippen LogP contribution is -2.39. The van der Waals surface area contributed by atoms with E-state index in [1.807, 2.05) is 43.5 Å². The van der Waals surface area contributed by atoms with Crippen LogP contribution in [-0.2, 0) is 11.3 Å². The maximum Gasteiger partial charge on any atom is 0.237 e. The van der Waals surface area contributed by atoms with Crippen LogP contribution in [0.3, 0.4) is 0 Å². The van der Waals surface area contributed by atoms with Crippen molar-refractivity contribution in [3.63, 3.8) is 0 Å². The van der Waals surface area contributed by atoms with Crippen LogP contribution >= 0.6 is 12.4 Å². The molecule has 1 atom stereocenters. The summed E-state index contributed by atoms with van der Waals surface area (Å²) in [7, 11) is 0. The molecular weight excluding hydrogens is 288 g/mol. The Morgan fingerprint density at radius 1 is 1.38 bits per heavy atom. The number of carbonyl (C=O) groups excluding carboxylic acids is 1. The molecule has 21 heavy (non-hydrogen) atoms. The van der Waals surface area contributed by atoms with Crippen LogP contribution in [0.1, 0.15) is 25.3 Å². The van der Waals surface area contributed by atoms with Crippen LogP contribution in [-0.4, -0.2) is 21.7 Å². The van der Waals surface area contributed by atoms with Crippen LogP contribution in [0.2, 0.25) is 0 Å². The second-order valence-electron chi connectivity index (χ2n) is 4.74. The van der Waals surface area contributed by atoms with Crippen LogP contribution in [0.5, 0.6) is 0 Å². The van der Waals surface area contributed by atoms with E-state index in [2.05, 4.69) is 10.4 Å². The Morgan fingerprint density at radius 2 is 2.10 bits per heavy atom. The van der Waals surface area contributed by atoms with Crippen molar-refractivity contribution >= 4 is 18.3 Å². The maximum absolute atomic E-state index is 11.7. The van der Waals surface area contributed by atoms with Gasteiger partial charge in [-0.1, -0.05) is 31.5 Å². The number of benzene rings is 1. The molecule has 0 radical (unpaired) electrons. The number of para-hydroxylation sites is 1. The molecule has 0 aliphatic rings. The van der Waals surface area contributed by atoms with Gasteiger partial charge in [-0.15, -0.1) is 12.4 Å². The first-order chi connectivity index (χ1) is 9.70. The first kappa shape index (κ1) is 17.2. The highest BCUT2D eigenvalue weighted by atomic mass is 35.5. The minimum atomic E-state index is -0.427. The summed E-state index contributed by atoms with van der Waals surface area (Å²) in [6.45, 7) is 2.46. The molecule has 6 heteroatoms. The van der Waals surface area contributed by atoms with Crippen molar-refractivity contribution in [2.75, 3.05) is 0 Å². The van der Waals surface area contributed by atoms with Crippen molar-refractivity contribution in [1.29, 1.82) is 0 Å². The van der Waals surface area contributed by atoms with Gasteiger partial charge in [0.25, 0.3) is 0 Å². The third kappa shape index (κ3) is 4.88. The van der Waals surface area contributed by atoms with Gasteiger partial charge in [0.05, 0.1) is 17.9 Å². The van der Waals surface area contributed by atoms with E-state index in [1.54, 1.807) is 10.9 Å². The summed E-state index contributed by atoms with van der Waals surface area (Å²) >= 11 is 0. The van der Waals surface area contributed by atoms with E-state index in [9.17, 15) is 4.79 Å². The summed E-state index contributed by atoms with van der Waals surface area (Å²) in [5, 5.41) is 7.11. The Labute approximate surface area is 130 Å². The molecule has 0 fully saturated rings. The number of amides is 1. The van der Waals surface area contributed by atoms with Gasteiger partial charge in [-0.3, -0.25) is 4.79 Å². The Hall–Kier alpha value is -1.85. The predicted octanol–water partition coefficient (Wildman–Crippen LogP) is 2.04. The van der Waals surface area contributed by atoms with Crippen LogP contribution < -0.4 is 11.1 Å². The molecule has 0 aliphatic heterocycles. The highest BCUT2D eigenvalue weighted by molar-refractivity contribution is 5.85. The second kappa shape index (κ2) is 8.44. The number of hydrogen-bond acceptors (Lipinski definition) is 3. The summed E-state index contributed by atoms with van der Waals surface area (Å²) in [6.07, 6.45) is 5.26. The predicted molar refractivity (Wildman–Crippen MR) is 85.5 cm³/mol. The van der Waals surface area contributed by atoms with Gasteiger partial charge in [0.2, 0.25) is 5.91 Å². The molecule has 1 amide bonds. The minimum Gasteiger partial charge on any atom is -0.351 e. The van der Waals surface area contributed by atoms with E-state index < -0.39 is 6.04 Å². The number of carbonyl (C=O) groups is 1. The molecular formula is C15H21ClN4O. The van der Waals surface area contributed by atoms with Crippen molar-refractivity contribution in [3.8, 4) is 5.69 Å². The molecule has 1 heterocycles. The molecule has 0 bridgehead atoms. The number of halogens is 1. The Kier molecular flexibility index (Phi) is 6.91. The fourth-order valence-corrected chi connectivity index (χ4v) is 1.94. The van der Waals surface area contributed by atoms with Gasteiger partial charge in [-0.05, 0) is 18.6 Å². The summed E-state index contributed by atoms with van der Waals surface area (Å²) < 4.78 is 1.79. The normalized spacial score (nSPS) is 11.5. The lowest BCUT2D eigenvalue weighted by atomic mass is 10.1. The minimum absolute atomic E-state index is 0. The number of nitrogens with one attached hydrogen (secondary N) is 1. The lowest BCUT2D eigenvalue weighted by Gasteiger charge is -2.10. The zero-order chi connectivity index (χ0) is 14.4. The molecule has 1 unspecified atom stereocenters. The summed E-state index contributed by atoms with van der Waals surface area (Å²) in [4.78, 5) is 11.7. The fourth-order valence-electron chi connectivity index (χ4n) is 1.94. The first-order valence-electron chi connectivity index (χ1n) is 6.83. The molecule has 0 aliphatic carbocycles. The molecule has 2 rings (SSSR count). The van der Waals surface area contributed by atoms with Crippen LogP contribution in [0.4, 0.5) is 0 Å². The topological polar surface area (TPSA) is 72.9 Å². The molecule has 3 N–H and O–H groups in total. The van der Waals surface area contributed by atoms with Gasteiger partial charge in [0.15, 0.2) is 0 Å². The van der Waals surface area contributed by atoms with Gasteiger partial charge >= 0.3 is 0 Å². The highest BCUT2D eigenvalue weighted by Crippen LogP contribution is 2.07. The summed E-state index contributed by atoms with van der Waals surface area (Å²) in [6, 6.07) is 9.41. The summed E-state index contributed by atoms with van der Waals surface area (Å²) in [5.74, 6) is -0.112. The van der Waals surface area contributed by atoms with Crippen molar-refractivity contribution in [3.05, 3.63) is 48.3 Å². The third-order valence-corrected chi connectivity index (χ3v) is 3.06. The van der Waals surface area contributed by atoms with E-state index in [1.165, 1.54) is 0 Å². The molecule has 1 aromatic carbocycles. The van der Waals surface area contributed by atoms with Gasteiger partial charge in [-0.25, -0.2) is 4.68 Å². The Bertz CT molecular complexity index is 556. The fraction of sp³-hybridized carbons (Fsp3) is 0.333. The van der Waals surface area contributed by atoms with E-state index in [-0.39, 0.29) is 18.3 Å². The zero-order valence-corrected chi connectivity index (χ0v) is 12.8. The number of hydrogen-bond donors (Lipinski definition) is 2. The molecule has 2 aromatic rings. The van der Waals surface area contributed by atoms with Crippen molar-refractivity contribution in [1.82, 2.24) is 15.1 Å². The quantitative estimate of drug-likeness (QED) is 0.857. The molecule has 114 valence electrons. The summed E-state index contributed by atoms with van der Waals surface area (Å²) in [5.41, 5.74) is 7.70. The van der Waals surface area contributed by atoms with E-state index in [0.717, 1.165) is 17.7 Å². The second-order valence-corrected chi connectivity index (χ2v) is 4.74. The van der Waals surface area contributed by atoms with Crippen LogP contribution in [0, 0.1) is 0 Å². The third-order valence-electron chi connectivity index (χ3n) is 3.06. The average molecular weight is 309 g/mol. The van der Waals surface area contributed by atoms with Gasteiger partial charge in [0, 0.05) is 18.3 Å². The molecule has 5 nitrogen and oxygen atoms in total. The Morgan fingerprint density at radius 3 is 2.76 bits per heavy atom. The highest BCUT2D eigenvalue weighted by Gasteiger charge is 2.11. The largest absolute Gasteiger partial charge is 0.351 e. The van der Waals surface area contributed by atoms with Gasteiger partial charge < -0.3 is 11.1 Å². The molecule has 0 spiro atoms. The lowest BCUT2D eigenvalue weighted by molar-refractivity contribution is -0.122. The first-order valence-corrected chi connectivity index (χ1v) is 6.83. The maximum atomic E-state index is 11.7. The smallest absolute Gasteiger partial charge is 0.237 e. The molecule has 0 saturated heterocycles. The average Bonchev–Trinajstić information content (AvgIpc) is 2.95. The molecule has 1 aromatic heterocycles. The van der Waals surface area contributed by atoms with Crippen LogP contribution in [0.25, 0.3) is 5.69 Å². The standard InChI is InChI=1S/C15H20N4O.ClH/c1-2-6-14(16)15(20)17-9-12-10-18-19(11-12)13-7-4-3-5-8-13;/h3-5,7-8,10-11,14H,2,6,9,16H2,1H3,(H,17,20);1H. The molecule has 0 saturated carbocycles. The zero-order valence-electron chi connectivity index (χ0n) is 12.0. The number of nitrogens with two attached hydrogens (primary N) is 1. The SMILES string of the molecule is CCCC(N)C(=O)NCc1cnn(-c2ccccc2)c1.Cl. The monoisotopic (exact) mass is 308 g/mol. The van der Waals surface area contributed by atoms with E-state index in [0.29, 0.717) is 13.0 Å². The van der Waals surface area contributed by atoms with Gasteiger partial charge in [0.1, 0.15) is 0 Å². The van der Waals surface area contributed by atoms with Crippen molar-refractivity contribution < 1.29 is 4.79 Å². The number of aromatic nitrogens is 2. The Balaban J connectivity index is 0.00000220. The number of nitrogens with zero attached hydrogens (tertiary/aromatic N) is 2. The van der Waals surface area contributed by atoms with Crippen LogP contribution in [0.15, 0.2) is 42.7 Å².